The maximum Gasteiger partial charge on any atom is 0.0664 e. The van der Waals surface area contributed by atoms with Gasteiger partial charge >= 0.3 is 0 Å². The summed E-state index contributed by atoms with van der Waals surface area (Å²) >= 11 is 0. The molecule has 0 aromatic rings. The van der Waals surface area contributed by atoms with Crippen molar-refractivity contribution in [3.05, 3.63) is 0 Å². The van der Waals surface area contributed by atoms with Crippen molar-refractivity contribution in [1.29, 1.82) is 0 Å². The summed E-state index contributed by atoms with van der Waals surface area (Å²) < 4.78 is 0. The Bertz CT molecular complexity index is 137. The fourth-order valence-electron chi connectivity index (χ4n) is 1.44. The van der Waals surface area contributed by atoms with Gasteiger partial charge in [0, 0.05) is 19.1 Å². The van der Waals surface area contributed by atoms with Crippen LogP contribution in [0.2, 0.25) is 0 Å². The SMILES string of the molecule is CCCN(CCN(C)C)C(C)C(C)O. The molecule has 0 saturated heterocycles. The minimum absolute atomic E-state index is 0.247. The summed E-state index contributed by atoms with van der Waals surface area (Å²) in [6, 6.07) is 0.259. The lowest BCUT2D eigenvalue weighted by atomic mass is 10.1. The van der Waals surface area contributed by atoms with E-state index in [4.69, 9.17) is 0 Å². The zero-order valence-electron chi connectivity index (χ0n) is 10.3. The largest absolute Gasteiger partial charge is 0.392 e. The van der Waals surface area contributed by atoms with Crippen LogP contribution in [0.1, 0.15) is 27.2 Å². The van der Waals surface area contributed by atoms with Crippen LogP contribution in [0.4, 0.5) is 0 Å². The second-order valence-corrected chi connectivity index (χ2v) is 4.32. The molecule has 0 aliphatic rings. The quantitative estimate of drug-likeness (QED) is 0.668. The monoisotopic (exact) mass is 202 g/mol. The number of hydrogen-bond acceptors (Lipinski definition) is 3. The summed E-state index contributed by atoms with van der Waals surface area (Å²) in [5, 5.41) is 9.53. The van der Waals surface area contributed by atoms with Crippen LogP contribution in [0.3, 0.4) is 0 Å². The molecule has 0 rings (SSSR count). The van der Waals surface area contributed by atoms with Crippen molar-refractivity contribution < 1.29 is 5.11 Å². The molecule has 0 aromatic heterocycles. The first kappa shape index (κ1) is 13.9. The van der Waals surface area contributed by atoms with E-state index >= 15 is 0 Å². The van der Waals surface area contributed by atoms with Crippen molar-refractivity contribution in [3.8, 4) is 0 Å². The number of likely N-dealkylation sites (N-methyl/N-ethyl adjacent to an activating group) is 1. The van der Waals surface area contributed by atoms with Crippen LogP contribution in [0.25, 0.3) is 0 Å². The molecule has 14 heavy (non-hydrogen) atoms. The number of aliphatic hydroxyl groups excluding tert-OH is 1. The Balaban J connectivity index is 4.00. The molecule has 0 fully saturated rings. The van der Waals surface area contributed by atoms with Gasteiger partial charge in [-0.2, -0.15) is 0 Å². The number of nitrogens with zero attached hydrogens (tertiary/aromatic N) is 2. The van der Waals surface area contributed by atoms with Crippen LogP contribution in [-0.4, -0.2) is 60.8 Å². The highest BCUT2D eigenvalue weighted by molar-refractivity contribution is 4.72. The molecule has 0 bridgehead atoms. The Morgan fingerprint density at radius 3 is 2.00 bits per heavy atom. The Hall–Kier alpha value is -0.120. The fraction of sp³-hybridized carbons (Fsp3) is 1.00. The smallest absolute Gasteiger partial charge is 0.0664 e. The first-order chi connectivity index (χ1) is 6.49. The second kappa shape index (κ2) is 7.21. The van der Waals surface area contributed by atoms with Crippen molar-refractivity contribution in [2.24, 2.45) is 0 Å². The van der Waals surface area contributed by atoms with E-state index in [2.05, 4.69) is 37.7 Å². The maximum absolute atomic E-state index is 9.53. The number of hydrogen-bond donors (Lipinski definition) is 1. The predicted octanol–water partition coefficient (Wildman–Crippen LogP) is 1.03. The zero-order chi connectivity index (χ0) is 11.1. The van der Waals surface area contributed by atoms with Crippen LogP contribution in [0.5, 0.6) is 0 Å². The molecule has 2 atom stereocenters. The Labute approximate surface area is 88.7 Å². The third-order valence-corrected chi connectivity index (χ3v) is 2.62. The molecular weight excluding hydrogens is 176 g/mol. The van der Waals surface area contributed by atoms with Gasteiger partial charge in [0.1, 0.15) is 0 Å². The highest BCUT2D eigenvalue weighted by atomic mass is 16.3. The molecular formula is C11H26N2O. The Morgan fingerprint density at radius 1 is 1.07 bits per heavy atom. The normalized spacial score (nSPS) is 16.3. The van der Waals surface area contributed by atoms with E-state index in [1.165, 1.54) is 0 Å². The van der Waals surface area contributed by atoms with Crippen molar-refractivity contribution in [1.82, 2.24) is 9.80 Å². The predicted molar refractivity (Wildman–Crippen MR) is 61.6 cm³/mol. The van der Waals surface area contributed by atoms with Gasteiger partial charge < -0.3 is 10.0 Å². The first-order valence-electron chi connectivity index (χ1n) is 5.55. The number of rotatable bonds is 7. The van der Waals surface area contributed by atoms with Gasteiger partial charge in [-0.1, -0.05) is 6.92 Å². The standard InChI is InChI=1S/C11H26N2O/c1-6-7-13(9-8-12(4)5)10(2)11(3)14/h10-11,14H,6-9H2,1-5H3. The molecule has 0 spiro atoms. The molecule has 0 aromatic carbocycles. The van der Waals surface area contributed by atoms with Crippen LogP contribution in [-0.2, 0) is 0 Å². The first-order valence-corrected chi connectivity index (χ1v) is 5.55. The number of aliphatic hydroxyl groups is 1. The average molecular weight is 202 g/mol. The third kappa shape index (κ3) is 5.58. The lowest BCUT2D eigenvalue weighted by Crippen LogP contribution is -2.43. The van der Waals surface area contributed by atoms with Gasteiger partial charge in [0.2, 0.25) is 0 Å². The van der Waals surface area contributed by atoms with Crippen molar-refractivity contribution >= 4 is 0 Å². The maximum atomic E-state index is 9.53. The van der Waals surface area contributed by atoms with Crippen LogP contribution in [0, 0.1) is 0 Å². The summed E-state index contributed by atoms with van der Waals surface area (Å²) in [5.74, 6) is 0. The van der Waals surface area contributed by atoms with Crippen molar-refractivity contribution in [2.75, 3.05) is 33.7 Å². The van der Waals surface area contributed by atoms with Crippen LogP contribution < -0.4 is 0 Å². The molecule has 0 amide bonds. The van der Waals surface area contributed by atoms with Crippen LogP contribution >= 0.6 is 0 Å². The average Bonchev–Trinajstić information content (AvgIpc) is 2.10. The molecule has 0 saturated carbocycles. The van der Waals surface area contributed by atoms with Gasteiger partial charge in [-0.05, 0) is 40.9 Å². The van der Waals surface area contributed by atoms with Crippen LogP contribution in [0.15, 0.2) is 0 Å². The van der Waals surface area contributed by atoms with Gasteiger partial charge in [-0.15, -0.1) is 0 Å². The molecule has 0 aliphatic carbocycles. The minimum atomic E-state index is -0.247. The van der Waals surface area contributed by atoms with E-state index in [1.807, 2.05) is 6.92 Å². The molecule has 1 N–H and O–H groups in total. The van der Waals surface area contributed by atoms with Gasteiger partial charge in [0.15, 0.2) is 0 Å². The molecule has 0 radical (unpaired) electrons. The topological polar surface area (TPSA) is 26.7 Å². The van der Waals surface area contributed by atoms with E-state index in [1.54, 1.807) is 0 Å². The molecule has 3 heteroatoms. The van der Waals surface area contributed by atoms with E-state index < -0.39 is 0 Å². The summed E-state index contributed by atoms with van der Waals surface area (Å²) in [6.45, 7) is 9.29. The Morgan fingerprint density at radius 2 is 1.64 bits per heavy atom. The molecule has 0 aliphatic heterocycles. The molecule has 86 valence electrons. The van der Waals surface area contributed by atoms with E-state index in [-0.39, 0.29) is 12.1 Å². The zero-order valence-corrected chi connectivity index (χ0v) is 10.3. The lowest BCUT2D eigenvalue weighted by Gasteiger charge is -2.31. The Kier molecular flexibility index (Phi) is 7.15. The van der Waals surface area contributed by atoms with E-state index in [9.17, 15) is 5.11 Å². The fourth-order valence-corrected chi connectivity index (χ4v) is 1.44. The molecule has 0 heterocycles. The minimum Gasteiger partial charge on any atom is -0.392 e. The van der Waals surface area contributed by atoms with Gasteiger partial charge in [0.05, 0.1) is 6.10 Å². The lowest BCUT2D eigenvalue weighted by molar-refractivity contribution is 0.0666. The molecule has 2 unspecified atom stereocenters. The van der Waals surface area contributed by atoms with Gasteiger partial charge in [-0.25, -0.2) is 0 Å². The van der Waals surface area contributed by atoms with E-state index in [0.29, 0.717) is 0 Å². The third-order valence-electron chi connectivity index (χ3n) is 2.62. The molecule has 3 nitrogen and oxygen atoms in total. The highest BCUT2D eigenvalue weighted by Crippen LogP contribution is 2.05. The van der Waals surface area contributed by atoms with Gasteiger partial charge in [0.25, 0.3) is 0 Å². The van der Waals surface area contributed by atoms with E-state index in [0.717, 1.165) is 26.1 Å². The van der Waals surface area contributed by atoms with Crippen molar-refractivity contribution in [3.63, 3.8) is 0 Å². The summed E-state index contributed by atoms with van der Waals surface area (Å²) in [6.07, 6.45) is 0.897. The van der Waals surface area contributed by atoms with Crippen molar-refractivity contribution in [2.45, 2.75) is 39.3 Å². The highest BCUT2D eigenvalue weighted by Gasteiger charge is 2.17. The summed E-state index contributed by atoms with van der Waals surface area (Å²) in [5.41, 5.74) is 0. The van der Waals surface area contributed by atoms with Gasteiger partial charge in [-0.3, -0.25) is 4.90 Å². The summed E-state index contributed by atoms with van der Waals surface area (Å²) in [7, 11) is 4.16. The summed E-state index contributed by atoms with van der Waals surface area (Å²) in [4.78, 5) is 4.53. The second-order valence-electron chi connectivity index (χ2n) is 4.32.